The number of carbonyl (C=O) groups excluding carboxylic acids is 1. The van der Waals surface area contributed by atoms with E-state index in [1.807, 2.05) is 36.9 Å². The van der Waals surface area contributed by atoms with Crippen LogP contribution in [0.4, 0.5) is 0 Å². The molecule has 2 atom stereocenters. The molecule has 0 aromatic heterocycles. The number of nitrogens with zero attached hydrogens (tertiary/aromatic N) is 1. The van der Waals surface area contributed by atoms with Crippen molar-refractivity contribution in [2.45, 2.75) is 52.2 Å². The summed E-state index contributed by atoms with van der Waals surface area (Å²) in [7, 11) is 0. The molecule has 2 rings (SSSR count). The molecule has 0 spiro atoms. The van der Waals surface area contributed by atoms with Gasteiger partial charge in [-0.05, 0) is 51.7 Å². The van der Waals surface area contributed by atoms with Gasteiger partial charge in [0.05, 0.1) is 6.10 Å². The maximum atomic E-state index is 12.6. The Kier molecular flexibility index (Phi) is 4.25. The Morgan fingerprint density at radius 1 is 1.47 bits per heavy atom. The summed E-state index contributed by atoms with van der Waals surface area (Å²) in [5.74, 6) is 0.112. The topological polar surface area (TPSA) is 40.5 Å². The van der Waals surface area contributed by atoms with Crippen molar-refractivity contribution < 1.29 is 9.90 Å². The zero-order chi connectivity index (χ0) is 14.0. The molecule has 1 fully saturated rings. The molecule has 1 aromatic carbocycles. The molecule has 2 unspecified atom stereocenters. The Morgan fingerprint density at radius 2 is 2.21 bits per heavy atom. The van der Waals surface area contributed by atoms with Gasteiger partial charge in [0, 0.05) is 18.2 Å². The van der Waals surface area contributed by atoms with E-state index in [4.69, 9.17) is 0 Å². The normalized spacial score (nSPS) is 20.6. The van der Waals surface area contributed by atoms with Gasteiger partial charge in [0.1, 0.15) is 0 Å². The molecule has 104 valence electrons. The number of hydrogen-bond donors (Lipinski definition) is 1. The fourth-order valence-electron chi connectivity index (χ4n) is 2.95. The highest BCUT2D eigenvalue weighted by Crippen LogP contribution is 2.24. The van der Waals surface area contributed by atoms with Crippen molar-refractivity contribution in [3.63, 3.8) is 0 Å². The van der Waals surface area contributed by atoms with E-state index in [0.29, 0.717) is 6.42 Å². The molecule has 3 heteroatoms. The summed E-state index contributed by atoms with van der Waals surface area (Å²) < 4.78 is 0. The van der Waals surface area contributed by atoms with Crippen LogP contribution in [0.1, 0.15) is 47.7 Å². The number of hydrogen-bond acceptors (Lipinski definition) is 2. The molecule has 1 N–H and O–H groups in total. The molecular weight excluding hydrogens is 238 g/mol. The van der Waals surface area contributed by atoms with Gasteiger partial charge in [-0.25, -0.2) is 0 Å². The number of likely N-dealkylation sites (tertiary alicyclic amines) is 1. The zero-order valence-corrected chi connectivity index (χ0v) is 12.0. The molecule has 19 heavy (non-hydrogen) atoms. The molecule has 0 saturated carbocycles. The van der Waals surface area contributed by atoms with Gasteiger partial charge in [-0.15, -0.1) is 0 Å². The predicted octanol–water partition coefficient (Wildman–Crippen LogP) is 2.68. The molecular formula is C16H23NO2. The quantitative estimate of drug-likeness (QED) is 0.908. The van der Waals surface area contributed by atoms with Gasteiger partial charge in [0.25, 0.3) is 5.91 Å². The number of aliphatic hydroxyl groups excluding tert-OH is 1. The van der Waals surface area contributed by atoms with E-state index in [0.717, 1.165) is 30.5 Å². The Hall–Kier alpha value is -1.35. The second kappa shape index (κ2) is 5.74. The third-order valence-corrected chi connectivity index (χ3v) is 3.86. The lowest BCUT2D eigenvalue weighted by Gasteiger charge is -2.26. The number of amides is 1. The predicted molar refractivity (Wildman–Crippen MR) is 76.3 cm³/mol. The average Bonchev–Trinajstić information content (AvgIpc) is 2.75. The Morgan fingerprint density at radius 3 is 2.84 bits per heavy atom. The second-order valence-electron chi connectivity index (χ2n) is 5.70. The van der Waals surface area contributed by atoms with Crippen LogP contribution in [0.3, 0.4) is 0 Å². The fourth-order valence-corrected chi connectivity index (χ4v) is 2.95. The summed E-state index contributed by atoms with van der Waals surface area (Å²) in [6.07, 6.45) is 2.36. The van der Waals surface area contributed by atoms with Gasteiger partial charge in [-0.1, -0.05) is 17.7 Å². The maximum Gasteiger partial charge on any atom is 0.254 e. The summed E-state index contributed by atoms with van der Waals surface area (Å²) in [6, 6.07) is 6.14. The third-order valence-electron chi connectivity index (χ3n) is 3.86. The van der Waals surface area contributed by atoms with Gasteiger partial charge in [0.15, 0.2) is 0 Å². The molecule has 0 radical (unpaired) electrons. The summed E-state index contributed by atoms with van der Waals surface area (Å²) in [5.41, 5.74) is 3.01. The highest BCUT2D eigenvalue weighted by atomic mass is 16.3. The smallest absolute Gasteiger partial charge is 0.254 e. The molecule has 1 aliphatic heterocycles. The Labute approximate surface area is 115 Å². The third kappa shape index (κ3) is 3.16. The molecule has 1 saturated heterocycles. The van der Waals surface area contributed by atoms with E-state index in [9.17, 15) is 9.90 Å². The monoisotopic (exact) mass is 261 g/mol. The zero-order valence-electron chi connectivity index (χ0n) is 12.0. The molecule has 1 heterocycles. The summed E-state index contributed by atoms with van der Waals surface area (Å²) in [4.78, 5) is 14.6. The molecule has 0 aliphatic carbocycles. The van der Waals surface area contributed by atoms with E-state index < -0.39 is 0 Å². The lowest BCUT2D eigenvalue weighted by atomic mass is 10.0. The largest absolute Gasteiger partial charge is 0.393 e. The van der Waals surface area contributed by atoms with Crippen LogP contribution in [0, 0.1) is 13.8 Å². The number of aliphatic hydroxyl groups is 1. The van der Waals surface area contributed by atoms with Crippen LogP contribution < -0.4 is 0 Å². The first-order valence-corrected chi connectivity index (χ1v) is 7.05. The van der Waals surface area contributed by atoms with Crippen molar-refractivity contribution in [2.24, 2.45) is 0 Å². The van der Waals surface area contributed by atoms with Crippen molar-refractivity contribution in [3.05, 3.63) is 34.9 Å². The molecule has 3 nitrogen and oxygen atoms in total. The summed E-state index contributed by atoms with van der Waals surface area (Å²) >= 11 is 0. The molecule has 0 bridgehead atoms. The first-order valence-electron chi connectivity index (χ1n) is 7.05. The van der Waals surface area contributed by atoms with E-state index in [1.165, 1.54) is 5.56 Å². The summed E-state index contributed by atoms with van der Waals surface area (Å²) in [6.45, 7) is 6.62. The van der Waals surface area contributed by atoms with Crippen LogP contribution >= 0.6 is 0 Å². The van der Waals surface area contributed by atoms with E-state index in [-0.39, 0.29) is 18.1 Å². The fraction of sp³-hybridized carbons (Fsp3) is 0.562. The van der Waals surface area contributed by atoms with Gasteiger partial charge < -0.3 is 10.0 Å². The second-order valence-corrected chi connectivity index (χ2v) is 5.70. The van der Waals surface area contributed by atoms with Crippen LogP contribution in [0.5, 0.6) is 0 Å². The lowest BCUT2D eigenvalue weighted by Crippen LogP contribution is -2.37. The highest BCUT2D eigenvalue weighted by Gasteiger charge is 2.30. The Bertz CT molecular complexity index is 468. The van der Waals surface area contributed by atoms with Gasteiger partial charge in [-0.2, -0.15) is 0 Å². The number of rotatable bonds is 3. The van der Waals surface area contributed by atoms with Gasteiger partial charge >= 0.3 is 0 Å². The van der Waals surface area contributed by atoms with Crippen LogP contribution in [-0.4, -0.2) is 34.6 Å². The van der Waals surface area contributed by atoms with Crippen LogP contribution in [-0.2, 0) is 0 Å². The SMILES string of the molecule is Cc1ccc(C(=O)N2CCCC2CC(C)O)c(C)c1. The van der Waals surface area contributed by atoms with E-state index in [2.05, 4.69) is 0 Å². The lowest BCUT2D eigenvalue weighted by molar-refractivity contribution is 0.0681. The first-order chi connectivity index (χ1) is 8.99. The van der Waals surface area contributed by atoms with Crippen LogP contribution in [0.2, 0.25) is 0 Å². The number of benzene rings is 1. The number of aryl methyl sites for hydroxylation is 2. The number of carbonyl (C=O) groups is 1. The van der Waals surface area contributed by atoms with Crippen LogP contribution in [0.25, 0.3) is 0 Å². The summed E-state index contributed by atoms with van der Waals surface area (Å²) in [5, 5.41) is 9.54. The van der Waals surface area contributed by atoms with Gasteiger partial charge in [0.2, 0.25) is 0 Å². The minimum Gasteiger partial charge on any atom is -0.393 e. The van der Waals surface area contributed by atoms with Crippen LogP contribution in [0.15, 0.2) is 18.2 Å². The molecule has 1 aromatic rings. The standard InChI is InChI=1S/C16H23NO2/c1-11-6-7-15(12(2)9-11)16(19)17-8-4-5-14(17)10-13(3)18/h6-7,9,13-14,18H,4-5,8,10H2,1-3H3. The average molecular weight is 261 g/mol. The van der Waals surface area contributed by atoms with Crippen molar-refractivity contribution in [1.29, 1.82) is 0 Å². The van der Waals surface area contributed by atoms with Crippen molar-refractivity contribution >= 4 is 5.91 Å². The minimum absolute atomic E-state index is 0.112. The van der Waals surface area contributed by atoms with E-state index in [1.54, 1.807) is 6.92 Å². The minimum atomic E-state index is -0.350. The van der Waals surface area contributed by atoms with Gasteiger partial charge in [-0.3, -0.25) is 4.79 Å². The maximum absolute atomic E-state index is 12.6. The van der Waals surface area contributed by atoms with E-state index >= 15 is 0 Å². The first kappa shape index (κ1) is 14.1. The highest BCUT2D eigenvalue weighted by molar-refractivity contribution is 5.96. The van der Waals surface area contributed by atoms with Crippen molar-refractivity contribution in [1.82, 2.24) is 4.90 Å². The molecule has 1 amide bonds. The van der Waals surface area contributed by atoms with Crippen molar-refractivity contribution in [3.8, 4) is 0 Å². The molecule has 1 aliphatic rings. The Balaban J connectivity index is 2.18. The van der Waals surface area contributed by atoms with Crippen molar-refractivity contribution in [2.75, 3.05) is 6.54 Å².